The van der Waals surface area contributed by atoms with Gasteiger partial charge in [0.25, 0.3) is 5.91 Å². The molecule has 5 nitrogen and oxygen atoms in total. The molecule has 1 aliphatic rings. The summed E-state index contributed by atoms with van der Waals surface area (Å²) in [6, 6.07) is 20.6. The normalized spacial score (nSPS) is 14.3. The zero-order chi connectivity index (χ0) is 22.5. The third kappa shape index (κ3) is 5.36. The van der Waals surface area contributed by atoms with Crippen molar-refractivity contribution in [2.24, 2.45) is 0 Å². The number of benzene rings is 3. The Bertz CT molecular complexity index is 1080. The highest BCUT2D eigenvalue weighted by Crippen LogP contribution is 2.30. The molecule has 1 amide bonds. The quantitative estimate of drug-likeness (QED) is 0.511. The third-order valence-electron chi connectivity index (χ3n) is 5.62. The Hall–Kier alpha value is -2.73. The van der Waals surface area contributed by atoms with Crippen LogP contribution in [0.1, 0.15) is 15.9 Å². The number of amides is 1. The molecule has 1 N–H and O–H groups in total. The van der Waals surface area contributed by atoms with Crippen LogP contribution in [0.4, 0.5) is 11.4 Å². The lowest BCUT2D eigenvalue weighted by molar-refractivity contribution is 0.102. The van der Waals surface area contributed by atoms with Gasteiger partial charge >= 0.3 is 0 Å². The molecule has 0 saturated carbocycles. The van der Waals surface area contributed by atoms with E-state index < -0.39 is 0 Å². The molecule has 0 aromatic heterocycles. The number of nitrogens with one attached hydrogen (secondary N) is 1. The van der Waals surface area contributed by atoms with Gasteiger partial charge in [0.05, 0.1) is 17.8 Å². The molecule has 0 bridgehead atoms. The minimum Gasteiger partial charge on any atom is -0.497 e. The van der Waals surface area contributed by atoms with E-state index in [9.17, 15) is 4.79 Å². The van der Waals surface area contributed by atoms with E-state index in [0.29, 0.717) is 22.0 Å². The summed E-state index contributed by atoms with van der Waals surface area (Å²) in [5, 5.41) is 4.34. The first-order valence-electron chi connectivity index (χ1n) is 10.5. The maximum atomic E-state index is 12.5. The number of rotatable bonds is 6. The molecule has 32 heavy (non-hydrogen) atoms. The molecular weight excluding hydrogens is 445 g/mol. The Morgan fingerprint density at radius 3 is 2.31 bits per heavy atom. The summed E-state index contributed by atoms with van der Waals surface area (Å²) in [6.07, 6.45) is 0. The lowest BCUT2D eigenvalue weighted by Crippen LogP contribution is -2.46. The van der Waals surface area contributed by atoms with Gasteiger partial charge in [-0.25, -0.2) is 0 Å². The van der Waals surface area contributed by atoms with E-state index in [1.165, 1.54) is 0 Å². The fraction of sp³-hybridized carbons (Fsp3) is 0.240. The number of hydrogen-bond donors (Lipinski definition) is 1. The first-order chi connectivity index (χ1) is 15.5. The standard InChI is InChI=1S/C25H25Cl2N3O2/c1-32-21-9-6-18(7-10-21)25(31)28-20-8-11-24(23(27)16-20)30-14-12-29(13-15-30)17-19-4-2-3-5-22(19)26/h2-11,16H,12-15,17H2,1H3,(H,28,31). The molecule has 1 heterocycles. The third-order valence-corrected chi connectivity index (χ3v) is 6.29. The van der Waals surface area contributed by atoms with Crippen LogP contribution in [0.2, 0.25) is 10.0 Å². The second-order valence-electron chi connectivity index (χ2n) is 7.70. The number of anilines is 2. The van der Waals surface area contributed by atoms with Crippen LogP contribution in [-0.2, 0) is 6.54 Å². The number of halogens is 2. The van der Waals surface area contributed by atoms with Crippen LogP contribution >= 0.6 is 23.2 Å². The van der Waals surface area contributed by atoms with Crippen molar-refractivity contribution in [2.45, 2.75) is 6.54 Å². The molecule has 3 aromatic carbocycles. The van der Waals surface area contributed by atoms with Crippen molar-refractivity contribution in [3.8, 4) is 5.75 Å². The highest BCUT2D eigenvalue weighted by molar-refractivity contribution is 6.33. The van der Waals surface area contributed by atoms with Gasteiger partial charge in [0.2, 0.25) is 0 Å². The van der Waals surface area contributed by atoms with Gasteiger partial charge in [-0.15, -0.1) is 0 Å². The zero-order valence-corrected chi connectivity index (χ0v) is 19.4. The molecule has 1 saturated heterocycles. The van der Waals surface area contributed by atoms with E-state index in [2.05, 4.69) is 21.2 Å². The number of piperazine rings is 1. The van der Waals surface area contributed by atoms with Crippen molar-refractivity contribution in [1.29, 1.82) is 0 Å². The smallest absolute Gasteiger partial charge is 0.255 e. The van der Waals surface area contributed by atoms with Gasteiger partial charge in [0.1, 0.15) is 5.75 Å². The minimum atomic E-state index is -0.190. The number of carbonyl (C=O) groups is 1. The highest BCUT2D eigenvalue weighted by Gasteiger charge is 2.20. The Kier molecular flexibility index (Phi) is 7.20. The van der Waals surface area contributed by atoms with Crippen LogP contribution < -0.4 is 15.0 Å². The summed E-state index contributed by atoms with van der Waals surface area (Å²) in [7, 11) is 1.59. The molecule has 1 aliphatic heterocycles. The van der Waals surface area contributed by atoms with Gasteiger partial charge in [-0.1, -0.05) is 41.4 Å². The number of nitrogens with zero attached hydrogens (tertiary/aromatic N) is 2. The molecular formula is C25H25Cl2N3O2. The predicted octanol–water partition coefficient (Wildman–Crippen LogP) is 5.58. The van der Waals surface area contributed by atoms with Crippen molar-refractivity contribution < 1.29 is 9.53 Å². The van der Waals surface area contributed by atoms with Crippen molar-refractivity contribution in [2.75, 3.05) is 43.5 Å². The average Bonchev–Trinajstić information content (AvgIpc) is 2.81. The lowest BCUT2D eigenvalue weighted by atomic mass is 10.1. The maximum Gasteiger partial charge on any atom is 0.255 e. The first kappa shape index (κ1) is 22.5. The Balaban J connectivity index is 1.35. The van der Waals surface area contributed by atoms with Crippen molar-refractivity contribution in [1.82, 2.24) is 4.90 Å². The fourth-order valence-corrected chi connectivity index (χ4v) is 4.30. The van der Waals surface area contributed by atoms with E-state index in [-0.39, 0.29) is 5.91 Å². The van der Waals surface area contributed by atoms with Crippen LogP contribution in [0.15, 0.2) is 66.7 Å². The van der Waals surface area contributed by atoms with Crippen LogP contribution in [0.25, 0.3) is 0 Å². The van der Waals surface area contributed by atoms with Gasteiger partial charge in [0.15, 0.2) is 0 Å². The van der Waals surface area contributed by atoms with E-state index in [1.54, 1.807) is 37.4 Å². The molecule has 1 fully saturated rings. The molecule has 0 atom stereocenters. The molecule has 166 valence electrons. The number of ether oxygens (including phenoxy) is 1. The molecule has 7 heteroatoms. The fourth-order valence-electron chi connectivity index (χ4n) is 3.80. The Morgan fingerprint density at radius 2 is 1.66 bits per heavy atom. The highest BCUT2D eigenvalue weighted by atomic mass is 35.5. The molecule has 0 aliphatic carbocycles. The van der Waals surface area contributed by atoms with Crippen molar-refractivity contribution in [3.05, 3.63) is 87.9 Å². The van der Waals surface area contributed by atoms with Crippen LogP contribution in [0, 0.1) is 0 Å². The summed E-state index contributed by atoms with van der Waals surface area (Å²) in [5.74, 6) is 0.519. The van der Waals surface area contributed by atoms with E-state index >= 15 is 0 Å². The van der Waals surface area contributed by atoms with Crippen molar-refractivity contribution >= 4 is 40.5 Å². The average molecular weight is 470 g/mol. The summed E-state index contributed by atoms with van der Waals surface area (Å²) in [4.78, 5) is 17.2. The predicted molar refractivity (Wildman–Crippen MR) is 131 cm³/mol. The van der Waals surface area contributed by atoms with Gasteiger partial charge < -0.3 is 15.0 Å². The molecule has 4 rings (SSSR count). The SMILES string of the molecule is COc1ccc(C(=O)Nc2ccc(N3CCN(Cc4ccccc4Cl)CC3)c(Cl)c2)cc1. The van der Waals surface area contributed by atoms with Gasteiger partial charge in [-0.2, -0.15) is 0 Å². The van der Waals surface area contributed by atoms with Crippen LogP contribution in [0.3, 0.4) is 0 Å². The monoisotopic (exact) mass is 469 g/mol. The van der Waals surface area contributed by atoms with Crippen LogP contribution in [-0.4, -0.2) is 44.1 Å². The Labute approximate surface area is 198 Å². The van der Waals surface area contributed by atoms with Gasteiger partial charge in [-0.3, -0.25) is 9.69 Å². The molecule has 3 aromatic rings. The van der Waals surface area contributed by atoms with E-state index in [0.717, 1.165) is 49.0 Å². The summed E-state index contributed by atoms with van der Waals surface area (Å²) >= 11 is 12.9. The second-order valence-corrected chi connectivity index (χ2v) is 8.52. The van der Waals surface area contributed by atoms with E-state index in [4.69, 9.17) is 27.9 Å². The maximum absolute atomic E-state index is 12.5. The van der Waals surface area contributed by atoms with Crippen molar-refractivity contribution in [3.63, 3.8) is 0 Å². The second kappa shape index (κ2) is 10.3. The molecule has 0 spiro atoms. The van der Waals surface area contributed by atoms with Gasteiger partial charge in [0, 0.05) is 49.0 Å². The van der Waals surface area contributed by atoms with Gasteiger partial charge in [-0.05, 0) is 54.1 Å². The summed E-state index contributed by atoms with van der Waals surface area (Å²) in [5.41, 5.74) is 3.35. The molecule has 0 radical (unpaired) electrons. The summed E-state index contributed by atoms with van der Waals surface area (Å²) < 4.78 is 5.13. The zero-order valence-electron chi connectivity index (χ0n) is 17.9. The largest absolute Gasteiger partial charge is 0.497 e. The Morgan fingerprint density at radius 1 is 0.938 bits per heavy atom. The first-order valence-corrected chi connectivity index (χ1v) is 11.2. The number of carbonyl (C=O) groups excluding carboxylic acids is 1. The number of hydrogen-bond acceptors (Lipinski definition) is 4. The summed E-state index contributed by atoms with van der Waals surface area (Å²) in [6.45, 7) is 4.45. The molecule has 0 unspecified atom stereocenters. The topological polar surface area (TPSA) is 44.8 Å². The number of methoxy groups -OCH3 is 1. The van der Waals surface area contributed by atoms with E-state index in [1.807, 2.05) is 30.3 Å². The minimum absolute atomic E-state index is 0.190. The lowest BCUT2D eigenvalue weighted by Gasteiger charge is -2.36. The van der Waals surface area contributed by atoms with Crippen LogP contribution in [0.5, 0.6) is 5.75 Å².